The van der Waals surface area contributed by atoms with Gasteiger partial charge >= 0.3 is 5.97 Å². The van der Waals surface area contributed by atoms with Crippen LogP contribution in [0.15, 0.2) is 6.20 Å². The molecule has 1 aliphatic carbocycles. The van der Waals surface area contributed by atoms with Gasteiger partial charge in [0.25, 0.3) is 0 Å². The molecule has 1 fully saturated rings. The fourth-order valence-electron chi connectivity index (χ4n) is 1.41. The van der Waals surface area contributed by atoms with Gasteiger partial charge in [0.15, 0.2) is 0 Å². The van der Waals surface area contributed by atoms with Crippen molar-refractivity contribution in [2.45, 2.75) is 19.4 Å². The van der Waals surface area contributed by atoms with E-state index in [-0.39, 0.29) is 5.56 Å². The number of aromatic carboxylic acids is 1. The van der Waals surface area contributed by atoms with Crippen molar-refractivity contribution in [2.75, 3.05) is 7.11 Å². The Morgan fingerprint density at radius 2 is 2.50 bits per heavy atom. The van der Waals surface area contributed by atoms with Crippen molar-refractivity contribution >= 4 is 5.97 Å². The number of ether oxygens (including phenoxy) is 1. The van der Waals surface area contributed by atoms with Crippen molar-refractivity contribution in [2.24, 2.45) is 5.92 Å². The highest BCUT2D eigenvalue weighted by Gasteiger charge is 2.25. The molecular weight excluding hydrogens is 184 g/mol. The fraction of sp³-hybridized carbons (Fsp3) is 0.556. The molecule has 0 spiro atoms. The summed E-state index contributed by atoms with van der Waals surface area (Å²) in [6, 6.07) is 0. The number of hydrogen-bond donors (Lipinski definition) is 1. The van der Waals surface area contributed by atoms with Crippen molar-refractivity contribution in [3.8, 4) is 5.88 Å². The second-order valence-corrected chi connectivity index (χ2v) is 3.50. The number of carboxylic acids is 1. The quantitative estimate of drug-likeness (QED) is 0.780. The summed E-state index contributed by atoms with van der Waals surface area (Å²) in [6.07, 6.45) is 3.74. The normalized spacial score (nSPS) is 15.5. The van der Waals surface area contributed by atoms with Gasteiger partial charge in [0.1, 0.15) is 5.56 Å². The Balaban J connectivity index is 2.25. The summed E-state index contributed by atoms with van der Waals surface area (Å²) in [5.74, 6) is -0.00116. The third kappa shape index (κ3) is 1.57. The minimum absolute atomic E-state index is 0.133. The van der Waals surface area contributed by atoms with E-state index < -0.39 is 5.97 Å². The maximum atomic E-state index is 10.8. The molecule has 1 aromatic rings. The first kappa shape index (κ1) is 9.05. The Labute approximate surface area is 81.3 Å². The molecule has 14 heavy (non-hydrogen) atoms. The molecule has 1 aliphatic rings. The summed E-state index contributed by atoms with van der Waals surface area (Å²) in [4.78, 5) is 10.8. The molecular formula is C9H12N2O3. The van der Waals surface area contributed by atoms with Crippen LogP contribution in [0, 0.1) is 5.92 Å². The Morgan fingerprint density at radius 3 is 3.00 bits per heavy atom. The zero-order valence-corrected chi connectivity index (χ0v) is 7.93. The lowest BCUT2D eigenvalue weighted by molar-refractivity contribution is 0.0692. The van der Waals surface area contributed by atoms with E-state index in [1.165, 1.54) is 26.1 Å². The summed E-state index contributed by atoms with van der Waals surface area (Å²) in [6.45, 7) is 0.760. The number of methoxy groups -OCH3 is 1. The number of carbonyl (C=O) groups is 1. The summed E-state index contributed by atoms with van der Waals surface area (Å²) in [5, 5.41) is 12.8. The lowest BCUT2D eigenvalue weighted by Gasteiger charge is -2.05. The molecule has 5 heteroatoms. The third-order valence-electron chi connectivity index (χ3n) is 2.34. The first-order valence-electron chi connectivity index (χ1n) is 4.55. The van der Waals surface area contributed by atoms with Gasteiger partial charge in [-0.15, -0.1) is 0 Å². The number of aromatic nitrogens is 2. The second kappa shape index (κ2) is 3.32. The SMILES string of the molecule is COc1c(C(=O)O)cnn1CC1CC1. The van der Waals surface area contributed by atoms with Crippen molar-refractivity contribution < 1.29 is 14.6 Å². The van der Waals surface area contributed by atoms with E-state index in [1.807, 2.05) is 0 Å². The van der Waals surface area contributed by atoms with E-state index in [0.717, 1.165) is 6.54 Å². The van der Waals surface area contributed by atoms with Gasteiger partial charge in [-0.1, -0.05) is 0 Å². The molecule has 0 amide bonds. The van der Waals surface area contributed by atoms with Crippen LogP contribution in [0.4, 0.5) is 0 Å². The highest BCUT2D eigenvalue weighted by atomic mass is 16.5. The van der Waals surface area contributed by atoms with Gasteiger partial charge in [-0.25, -0.2) is 9.48 Å². The van der Waals surface area contributed by atoms with Gasteiger partial charge in [0.05, 0.1) is 13.3 Å². The minimum Gasteiger partial charge on any atom is -0.481 e. The van der Waals surface area contributed by atoms with Crippen LogP contribution in [0.5, 0.6) is 5.88 Å². The summed E-state index contributed by atoms with van der Waals surface area (Å²) < 4.78 is 6.65. The molecule has 0 aromatic carbocycles. The fourth-order valence-corrected chi connectivity index (χ4v) is 1.41. The standard InChI is InChI=1S/C9H12N2O3/c1-14-8-7(9(12)13)4-10-11(8)5-6-2-3-6/h4,6H,2-3,5H2,1H3,(H,12,13). The van der Waals surface area contributed by atoms with Gasteiger partial charge in [0, 0.05) is 6.54 Å². The number of rotatable bonds is 4. The number of carboxylic acid groups (broad SMARTS) is 1. The predicted molar refractivity (Wildman–Crippen MR) is 48.5 cm³/mol. The van der Waals surface area contributed by atoms with Gasteiger partial charge in [-0.2, -0.15) is 5.10 Å². The largest absolute Gasteiger partial charge is 0.481 e. The average Bonchev–Trinajstić information content (AvgIpc) is 2.83. The lowest BCUT2D eigenvalue weighted by atomic mass is 10.3. The van der Waals surface area contributed by atoms with Crippen molar-refractivity contribution in [3.05, 3.63) is 11.8 Å². The van der Waals surface area contributed by atoms with Crippen LogP contribution in [-0.4, -0.2) is 28.0 Å². The van der Waals surface area contributed by atoms with Gasteiger partial charge < -0.3 is 9.84 Å². The molecule has 0 saturated heterocycles. The van der Waals surface area contributed by atoms with Crippen LogP contribution in [-0.2, 0) is 6.54 Å². The van der Waals surface area contributed by atoms with E-state index >= 15 is 0 Å². The molecule has 76 valence electrons. The topological polar surface area (TPSA) is 64.3 Å². The van der Waals surface area contributed by atoms with E-state index in [9.17, 15) is 4.79 Å². The van der Waals surface area contributed by atoms with Crippen LogP contribution >= 0.6 is 0 Å². The summed E-state index contributed by atoms with van der Waals surface area (Å²) in [5.41, 5.74) is 0.133. The predicted octanol–water partition coefficient (Wildman–Crippen LogP) is 1.000. The first-order chi connectivity index (χ1) is 6.72. The molecule has 1 aromatic heterocycles. The van der Waals surface area contributed by atoms with Crippen molar-refractivity contribution in [1.82, 2.24) is 9.78 Å². The lowest BCUT2D eigenvalue weighted by Crippen LogP contribution is -2.06. The van der Waals surface area contributed by atoms with Crippen LogP contribution in [0.3, 0.4) is 0 Å². The van der Waals surface area contributed by atoms with E-state index in [2.05, 4.69) is 5.10 Å². The van der Waals surface area contributed by atoms with Crippen LogP contribution < -0.4 is 4.74 Å². The molecule has 5 nitrogen and oxygen atoms in total. The van der Waals surface area contributed by atoms with Crippen molar-refractivity contribution in [3.63, 3.8) is 0 Å². The van der Waals surface area contributed by atoms with Crippen molar-refractivity contribution in [1.29, 1.82) is 0 Å². The first-order valence-corrected chi connectivity index (χ1v) is 4.55. The van der Waals surface area contributed by atoms with Crippen LogP contribution in [0.2, 0.25) is 0 Å². The molecule has 0 unspecified atom stereocenters. The van der Waals surface area contributed by atoms with E-state index in [0.29, 0.717) is 11.8 Å². The zero-order valence-electron chi connectivity index (χ0n) is 7.93. The number of nitrogens with zero attached hydrogens (tertiary/aromatic N) is 2. The molecule has 1 heterocycles. The summed E-state index contributed by atoms with van der Waals surface area (Å²) >= 11 is 0. The highest BCUT2D eigenvalue weighted by Crippen LogP contribution is 2.32. The second-order valence-electron chi connectivity index (χ2n) is 3.50. The van der Waals surface area contributed by atoms with Crippen LogP contribution in [0.25, 0.3) is 0 Å². The third-order valence-corrected chi connectivity index (χ3v) is 2.34. The van der Waals surface area contributed by atoms with E-state index in [4.69, 9.17) is 9.84 Å². The monoisotopic (exact) mass is 196 g/mol. The van der Waals surface area contributed by atoms with Gasteiger partial charge in [-0.3, -0.25) is 0 Å². The van der Waals surface area contributed by atoms with E-state index in [1.54, 1.807) is 4.68 Å². The Morgan fingerprint density at radius 1 is 1.79 bits per heavy atom. The molecule has 2 rings (SSSR count). The maximum absolute atomic E-state index is 10.8. The summed E-state index contributed by atoms with van der Waals surface area (Å²) in [7, 11) is 1.47. The molecule has 0 atom stereocenters. The molecule has 0 bridgehead atoms. The Kier molecular flexibility index (Phi) is 2.15. The zero-order chi connectivity index (χ0) is 10.1. The minimum atomic E-state index is -0.996. The molecule has 0 aliphatic heterocycles. The smallest absolute Gasteiger partial charge is 0.342 e. The number of hydrogen-bond acceptors (Lipinski definition) is 3. The molecule has 1 N–H and O–H groups in total. The maximum Gasteiger partial charge on any atom is 0.342 e. The highest BCUT2D eigenvalue weighted by molar-refractivity contribution is 5.89. The van der Waals surface area contributed by atoms with Crippen LogP contribution in [0.1, 0.15) is 23.2 Å². The molecule has 0 radical (unpaired) electrons. The van der Waals surface area contributed by atoms with Gasteiger partial charge in [-0.05, 0) is 18.8 Å². The Hall–Kier alpha value is -1.52. The Bertz CT molecular complexity index is 355. The van der Waals surface area contributed by atoms with Gasteiger partial charge in [0.2, 0.25) is 5.88 Å². The molecule has 1 saturated carbocycles. The average molecular weight is 196 g/mol.